The van der Waals surface area contributed by atoms with Crippen molar-refractivity contribution in [2.24, 2.45) is 0 Å². The highest BCUT2D eigenvalue weighted by molar-refractivity contribution is 6.31. The van der Waals surface area contributed by atoms with Gasteiger partial charge in [0, 0.05) is 41.6 Å². The molecule has 1 aromatic heterocycles. The summed E-state index contributed by atoms with van der Waals surface area (Å²) in [5.41, 5.74) is 4.99. The van der Waals surface area contributed by atoms with Gasteiger partial charge < -0.3 is 9.88 Å². The van der Waals surface area contributed by atoms with Gasteiger partial charge in [0.2, 0.25) is 5.91 Å². The summed E-state index contributed by atoms with van der Waals surface area (Å²) in [6.07, 6.45) is 11.8. The van der Waals surface area contributed by atoms with Gasteiger partial charge in [-0.25, -0.2) is 0 Å². The standard InChI is InChI=1S/C26H29ClN2O/c27-24-12-6-4-10-22(24)19-29-18-21(23-11-5-7-13-25(23)29)14-15-26(30)28-17-16-20-8-2-1-3-9-20/h4-8,10-13,18H,1-3,9,14-17,19H2,(H,28,30). The molecule has 0 aliphatic heterocycles. The van der Waals surface area contributed by atoms with Gasteiger partial charge in [-0.05, 0) is 61.8 Å². The average Bonchev–Trinajstić information content (AvgIpc) is 3.12. The number of hydrogen-bond acceptors (Lipinski definition) is 1. The Morgan fingerprint density at radius 3 is 2.67 bits per heavy atom. The van der Waals surface area contributed by atoms with Gasteiger partial charge in [-0.15, -0.1) is 0 Å². The molecule has 0 saturated heterocycles. The van der Waals surface area contributed by atoms with E-state index in [1.165, 1.54) is 47.7 Å². The number of allylic oxidation sites excluding steroid dienone is 1. The first-order valence-corrected chi connectivity index (χ1v) is 11.3. The monoisotopic (exact) mass is 420 g/mol. The lowest BCUT2D eigenvalue weighted by Crippen LogP contribution is -2.25. The van der Waals surface area contributed by atoms with Crippen LogP contribution in [0.1, 0.15) is 49.7 Å². The molecule has 0 radical (unpaired) electrons. The fourth-order valence-electron chi connectivity index (χ4n) is 4.29. The number of carbonyl (C=O) groups is 1. The van der Waals surface area contributed by atoms with Gasteiger partial charge in [0.15, 0.2) is 0 Å². The van der Waals surface area contributed by atoms with E-state index in [-0.39, 0.29) is 5.91 Å². The van der Waals surface area contributed by atoms with Crippen molar-refractivity contribution in [3.05, 3.63) is 82.5 Å². The Labute approximate surface area is 183 Å². The first-order valence-electron chi connectivity index (χ1n) is 11.0. The molecule has 30 heavy (non-hydrogen) atoms. The fraction of sp³-hybridized carbons (Fsp3) is 0.346. The molecular formula is C26H29ClN2O. The van der Waals surface area contributed by atoms with Crippen LogP contribution in [0.2, 0.25) is 5.02 Å². The smallest absolute Gasteiger partial charge is 0.220 e. The summed E-state index contributed by atoms with van der Waals surface area (Å²) in [4.78, 5) is 12.4. The van der Waals surface area contributed by atoms with E-state index in [2.05, 4.69) is 52.5 Å². The van der Waals surface area contributed by atoms with Crippen molar-refractivity contribution in [1.82, 2.24) is 9.88 Å². The van der Waals surface area contributed by atoms with E-state index < -0.39 is 0 Å². The maximum atomic E-state index is 12.4. The molecule has 1 heterocycles. The lowest BCUT2D eigenvalue weighted by molar-refractivity contribution is -0.121. The van der Waals surface area contributed by atoms with E-state index in [1.807, 2.05) is 18.2 Å². The van der Waals surface area contributed by atoms with Crippen LogP contribution in [0.5, 0.6) is 0 Å². The van der Waals surface area contributed by atoms with Crippen LogP contribution in [-0.2, 0) is 17.8 Å². The molecule has 3 aromatic rings. The molecule has 1 aliphatic rings. The molecule has 1 N–H and O–H groups in total. The number of aromatic nitrogens is 1. The highest BCUT2D eigenvalue weighted by Gasteiger charge is 2.12. The highest BCUT2D eigenvalue weighted by atomic mass is 35.5. The Bertz CT molecular complexity index is 1050. The van der Waals surface area contributed by atoms with Crippen molar-refractivity contribution in [2.75, 3.05) is 6.54 Å². The molecule has 0 fully saturated rings. The predicted octanol–water partition coefficient (Wildman–Crippen LogP) is 6.28. The van der Waals surface area contributed by atoms with Crippen LogP contribution in [0.4, 0.5) is 0 Å². The maximum Gasteiger partial charge on any atom is 0.220 e. The van der Waals surface area contributed by atoms with Crippen molar-refractivity contribution in [2.45, 2.75) is 51.5 Å². The molecule has 3 nitrogen and oxygen atoms in total. The summed E-state index contributed by atoms with van der Waals surface area (Å²) in [7, 11) is 0. The third kappa shape index (κ3) is 5.14. The minimum Gasteiger partial charge on any atom is -0.356 e. The zero-order valence-electron chi connectivity index (χ0n) is 17.4. The number of nitrogens with zero attached hydrogens (tertiary/aromatic N) is 1. The molecule has 0 unspecified atom stereocenters. The van der Waals surface area contributed by atoms with Crippen LogP contribution in [0.3, 0.4) is 0 Å². The van der Waals surface area contributed by atoms with Crippen LogP contribution in [0, 0.1) is 0 Å². The van der Waals surface area contributed by atoms with E-state index in [4.69, 9.17) is 11.6 Å². The summed E-state index contributed by atoms with van der Waals surface area (Å²) in [6.45, 7) is 1.47. The number of carbonyl (C=O) groups excluding carboxylic acids is 1. The molecule has 0 atom stereocenters. The number of aryl methyl sites for hydroxylation is 1. The van der Waals surface area contributed by atoms with Gasteiger partial charge in [0.25, 0.3) is 0 Å². The van der Waals surface area contributed by atoms with E-state index >= 15 is 0 Å². The van der Waals surface area contributed by atoms with E-state index in [1.54, 1.807) is 0 Å². The summed E-state index contributed by atoms with van der Waals surface area (Å²) in [5, 5.41) is 5.09. The lowest BCUT2D eigenvalue weighted by atomic mass is 9.97. The quantitative estimate of drug-likeness (QED) is 0.427. The fourth-order valence-corrected chi connectivity index (χ4v) is 4.49. The van der Waals surface area contributed by atoms with Gasteiger partial charge >= 0.3 is 0 Å². The van der Waals surface area contributed by atoms with Crippen LogP contribution in [0.25, 0.3) is 10.9 Å². The number of nitrogens with one attached hydrogen (secondary N) is 1. The Balaban J connectivity index is 1.38. The Kier molecular flexibility index (Phi) is 6.91. The number of rotatable bonds is 8. The second-order valence-corrected chi connectivity index (χ2v) is 8.51. The van der Waals surface area contributed by atoms with Crippen molar-refractivity contribution in [3.63, 3.8) is 0 Å². The number of halogens is 1. The number of amides is 1. The molecule has 2 aromatic carbocycles. The largest absolute Gasteiger partial charge is 0.356 e. The molecule has 1 aliphatic carbocycles. The molecule has 156 valence electrons. The van der Waals surface area contributed by atoms with Crippen LogP contribution in [0.15, 0.2) is 66.4 Å². The van der Waals surface area contributed by atoms with E-state index in [0.717, 1.165) is 36.5 Å². The third-order valence-electron chi connectivity index (χ3n) is 5.94. The minimum absolute atomic E-state index is 0.134. The van der Waals surface area contributed by atoms with Crippen molar-refractivity contribution >= 4 is 28.4 Å². The van der Waals surface area contributed by atoms with E-state index in [9.17, 15) is 4.79 Å². The molecular weight excluding hydrogens is 392 g/mol. The van der Waals surface area contributed by atoms with Crippen molar-refractivity contribution in [1.29, 1.82) is 0 Å². The normalized spacial score (nSPS) is 14.0. The van der Waals surface area contributed by atoms with Crippen molar-refractivity contribution < 1.29 is 4.79 Å². The van der Waals surface area contributed by atoms with E-state index in [0.29, 0.717) is 6.42 Å². The van der Waals surface area contributed by atoms with Crippen molar-refractivity contribution in [3.8, 4) is 0 Å². The number of benzene rings is 2. The molecule has 4 heteroatoms. The van der Waals surface area contributed by atoms with Gasteiger partial charge in [0.05, 0.1) is 0 Å². The zero-order valence-corrected chi connectivity index (χ0v) is 18.1. The summed E-state index contributed by atoms with van der Waals surface area (Å²) < 4.78 is 2.24. The number of fused-ring (bicyclic) bond motifs is 1. The molecule has 0 spiro atoms. The SMILES string of the molecule is O=C(CCc1cn(Cc2ccccc2Cl)c2ccccc12)NCCC1=CCCCC1. The Morgan fingerprint density at radius 1 is 1.00 bits per heavy atom. The molecule has 0 bridgehead atoms. The third-order valence-corrected chi connectivity index (χ3v) is 6.31. The van der Waals surface area contributed by atoms with Crippen LogP contribution in [-0.4, -0.2) is 17.0 Å². The Morgan fingerprint density at radius 2 is 1.83 bits per heavy atom. The first kappa shape index (κ1) is 20.7. The van der Waals surface area contributed by atoms with Gasteiger partial charge in [-0.1, -0.05) is 59.6 Å². The van der Waals surface area contributed by atoms with Gasteiger partial charge in [-0.2, -0.15) is 0 Å². The highest BCUT2D eigenvalue weighted by Crippen LogP contribution is 2.25. The number of hydrogen-bond donors (Lipinski definition) is 1. The summed E-state index contributed by atoms with van der Waals surface area (Å²) in [6, 6.07) is 16.3. The van der Waals surface area contributed by atoms with Gasteiger partial charge in [-0.3, -0.25) is 4.79 Å². The summed E-state index contributed by atoms with van der Waals surface area (Å²) >= 11 is 6.37. The lowest BCUT2D eigenvalue weighted by Gasteiger charge is -2.12. The average molecular weight is 421 g/mol. The van der Waals surface area contributed by atoms with Gasteiger partial charge in [0.1, 0.15) is 0 Å². The molecule has 1 amide bonds. The zero-order chi connectivity index (χ0) is 20.8. The molecule has 4 rings (SSSR count). The Hall–Kier alpha value is -2.52. The topological polar surface area (TPSA) is 34.0 Å². The van der Waals surface area contributed by atoms with Crippen LogP contribution < -0.4 is 5.32 Å². The summed E-state index contributed by atoms with van der Waals surface area (Å²) in [5.74, 6) is 0.134. The second kappa shape index (κ2) is 9.99. The maximum absolute atomic E-state index is 12.4. The van der Waals surface area contributed by atoms with Crippen LogP contribution >= 0.6 is 11.6 Å². The predicted molar refractivity (Wildman–Crippen MR) is 125 cm³/mol. The molecule has 0 saturated carbocycles. The first-order chi connectivity index (χ1) is 14.7. The second-order valence-electron chi connectivity index (χ2n) is 8.10. The number of para-hydroxylation sites is 1. The minimum atomic E-state index is 0.134.